The first kappa shape index (κ1) is 22.8. The molecule has 0 unspecified atom stereocenters. The average Bonchev–Trinajstić information content (AvgIpc) is 2.65. The molecule has 1 rings (SSSR count). The highest BCUT2D eigenvalue weighted by Crippen LogP contribution is 2.21. The van der Waals surface area contributed by atoms with E-state index in [1.54, 1.807) is 0 Å². The summed E-state index contributed by atoms with van der Waals surface area (Å²) >= 11 is 0. The van der Waals surface area contributed by atoms with Gasteiger partial charge in [0.1, 0.15) is 18.1 Å². The third-order valence-corrected chi connectivity index (χ3v) is 4.36. The quantitative estimate of drug-likeness (QED) is 0.254. The molecule has 1 amide bonds. The number of amides is 1. The molecule has 0 atom stereocenters. The number of hydrogen-bond donors (Lipinski definition) is 3. The summed E-state index contributed by atoms with van der Waals surface area (Å²) in [7, 11) is 0. The van der Waals surface area contributed by atoms with E-state index in [1.165, 1.54) is 56.7 Å². The van der Waals surface area contributed by atoms with Crippen LogP contribution in [-0.4, -0.2) is 35.2 Å². The van der Waals surface area contributed by atoms with Crippen LogP contribution >= 0.6 is 0 Å². The molecule has 0 fully saturated rings. The van der Waals surface area contributed by atoms with E-state index < -0.39 is 5.91 Å². The minimum atomic E-state index is -0.529. The normalized spacial score (nSPS) is 10.6. The molecule has 0 aromatic heterocycles. The molecular formula is C21H33NO5. The van der Waals surface area contributed by atoms with E-state index in [9.17, 15) is 19.8 Å². The SMILES string of the molecule is CCCCCCCCCCCC(=O)OCCNC(=O)c1cc(O)ccc1O. The van der Waals surface area contributed by atoms with Crippen LogP contribution in [0.2, 0.25) is 0 Å². The summed E-state index contributed by atoms with van der Waals surface area (Å²) in [6, 6.07) is 3.72. The Kier molecular flexibility index (Phi) is 11.7. The number of nitrogens with one attached hydrogen (secondary N) is 1. The van der Waals surface area contributed by atoms with Crippen LogP contribution in [0.4, 0.5) is 0 Å². The molecule has 0 bridgehead atoms. The highest BCUT2D eigenvalue weighted by molar-refractivity contribution is 5.97. The van der Waals surface area contributed by atoms with Crippen LogP contribution in [0.1, 0.15) is 81.5 Å². The Labute approximate surface area is 161 Å². The summed E-state index contributed by atoms with van der Waals surface area (Å²) in [4.78, 5) is 23.6. The molecule has 3 N–H and O–H groups in total. The highest BCUT2D eigenvalue weighted by atomic mass is 16.5. The fourth-order valence-corrected chi connectivity index (χ4v) is 2.78. The lowest BCUT2D eigenvalue weighted by Gasteiger charge is -2.08. The molecular weight excluding hydrogens is 346 g/mol. The van der Waals surface area contributed by atoms with Crippen LogP contribution < -0.4 is 5.32 Å². The number of phenolic OH excluding ortho intramolecular Hbond substituents is 2. The molecule has 27 heavy (non-hydrogen) atoms. The summed E-state index contributed by atoms with van der Waals surface area (Å²) in [6.45, 7) is 2.45. The van der Waals surface area contributed by atoms with E-state index >= 15 is 0 Å². The smallest absolute Gasteiger partial charge is 0.305 e. The molecule has 6 heteroatoms. The first-order valence-electron chi connectivity index (χ1n) is 10.0. The third kappa shape index (κ3) is 10.5. The fourth-order valence-electron chi connectivity index (χ4n) is 2.78. The lowest BCUT2D eigenvalue weighted by atomic mass is 10.1. The predicted octanol–water partition coefficient (Wildman–Crippen LogP) is 4.29. The van der Waals surface area contributed by atoms with Crippen LogP contribution in [0.5, 0.6) is 11.5 Å². The predicted molar refractivity (Wildman–Crippen MR) is 105 cm³/mol. The zero-order valence-corrected chi connectivity index (χ0v) is 16.3. The van der Waals surface area contributed by atoms with Gasteiger partial charge in [0.25, 0.3) is 5.91 Å². The minimum absolute atomic E-state index is 0.0176. The fraction of sp³-hybridized carbons (Fsp3) is 0.619. The number of unbranched alkanes of at least 4 members (excludes halogenated alkanes) is 8. The van der Waals surface area contributed by atoms with E-state index in [4.69, 9.17) is 4.74 Å². The Morgan fingerprint density at radius 3 is 2.26 bits per heavy atom. The van der Waals surface area contributed by atoms with Gasteiger partial charge in [-0.3, -0.25) is 9.59 Å². The standard InChI is InChI=1S/C21H33NO5/c1-2-3-4-5-6-7-8-9-10-11-20(25)27-15-14-22-21(26)18-16-17(23)12-13-19(18)24/h12-13,16,23-24H,2-11,14-15H2,1H3,(H,22,26). The Bertz CT molecular complexity index is 574. The molecule has 0 spiro atoms. The molecule has 0 saturated carbocycles. The van der Waals surface area contributed by atoms with E-state index in [0.29, 0.717) is 6.42 Å². The summed E-state index contributed by atoms with van der Waals surface area (Å²) in [5.74, 6) is -1.11. The van der Waals surface area contributed by atoms with Gasteiger partial charge in [0.15, 0.2) is 0 Å². The average molecular weight is 379 g/mol. The Morgan fingerprint density at radius 2 is 1.59 bits per heavy atom. The zero-order chi connectivity index (χ0) is 19.9. The second-order valence-corrected chi connectivity index (χ2v) is 6.76. The van der Waals surface area contributed by atoms with Crippen molar-refractivity contribution in [2.24, 2.45) is 0 Å². The zero-order valence-electron chi connectivity index (χ0n) is 16.3. The third-order valence-electron chi connectivity index (χ3n) is 4.36. The molecule has 6 nitrogen and oxygen atoms in total. The topological polar surface area (TPSA) is 95.9 Å². The number of carbonyl (C=O) groups is 2. The molecule has 0 aliphatic carbocycles. The Morgan fingerprint density at radius 1 is 0.963 bits per heavy atom. The van der Waals surface area contributed by atoms with E-state index in [2.05, 4.69) is 12.2 Å². The van der Waals surface area contributed by atoms with Crippen molar-refractivity contribution in [2.75, 3.05) is 13.2 Å². The molecule has 0 heterocycles. The summed E-state index contributed by atoms with van der Waals surface area (Å²) < 4.78 is 5.09. The van der Waals surface area contributed by atoms with Crippen molar-refractivity contribution in [3.8, 4) is 11.5 Å². The van der Waals surface area contributed by atoms with E-state index in [-0.39, 0.29) is 36.2 Å². The van der Waals surface area contributed by atoms with Gasteiger partial charge in [0.2, 0.25) is 0 Å². The molecule has 0 radical (unpaired) electrons. The van der Waals surface area contributed by atoms with Crippen LogP contribution in [0.25, 0.3) is 0 Å². The number of ether oxygens (including phenoxy) is 1. The van der Waals surface area contributed by atoms with Crippen molar-refractivity contribution in [1.29, 1.82) is 0 Å². The van der Waals surface area contributed by atoms with Gasteiger partial charge in [-0.15, -0.1) is 0 Å². The van der Waals surface area contributed by atoms with E-state index in [0.717, 1.165) is 19.3 Å². The number of phenols is 2. The van der Waals surface area contributed by atoms with Crippen molar-refractivity contribution in [3.63, 3.8) is 0 Å². The number of esters is 1. The summed E-state index contributed by atoms with van der Waals surface area (Å²) in [6.07, 6.45) is 11.1. The highest BCUT2D eigenvalue weighted by Gasteiger charge is 2.11. The van der Waals surface area contributed by atoms with Crippen molar-refractivity contribution >= 4 is 11.9 Å². The van der Waals surface area contributed by atoms with Crippen LogP contribution in [0.3, 0.4) is 0 Å². The van der Waals surface area contributed by atoms with E-state index in [1.807, 2.05) is 0 Å². The minimum Gasteiger partial charge on any atom is -0.508 e. The second-order valence-electron chi connectivity index (χ2n) is 6.76. The lowest BCUT2D eigenvalue weighted by molar-refractivity contribution is -0.143. The van der Waals surface area contributed by atoms with Crippen molar-refractivity contribution in [2.45, 2.75) is 71.1 Å². The first-order chi connectivity index (χ1) is 13.0. The maximum absolute atomic E-state index is 11.9. The van der Waals surface area contributed by atoms with Crippen LogP contribution in [0, 0.1) is 0 Å². The van der Waals surface area contributed by atoms with Gasteiger partial charge in [-0.1, -0.05) is 58.3 Å². The van der Waals surface area contributed by atoms with Crippen LogP contribution in [0.15, 0.2) is 18.2 Å². The van der Waals surface area contributed by atoms with Crippen LogP contribution in [-0.2, 0) is 9.53 Å². The van der Waals surface area contributed by atoms with Gasteiger partial charge in [-0.05, 0) is 24.6 Å². The number of rotatable bonds is 14. The van der Waals surface area contributed by atoms with Gasteiger partial charge in [-0.2, -0.15) is 0 Å². The van der Waals surface area contributed by atoms with Gasteiger partial charge in [-0.25, -0.2) is 0 Å². The molecule has 152 valence electrons. The van der Waals surface area contributed by atoms with Gasteiger partial charge >= 0.3 is 5.97 Å². The number of carbonyl (C=O) groups excluding carboxylic acids is 2. The molecule has 0 aliphatic heterocycles. The maximum atomic E-state index is 11.9. The summed E-state index contributed by atoms with van der Waals surface area (Å²) in [5.41, 5.74) is -0.0176. The molecule has 1 aromatic rings. The van der Waals surface area contributed by atoms with Crippen molar-refractivity contribution in [3.05, 3.63) is 23.8 Å². The maximum Gasteiger partial charge on any atom is 0.305 e. The lowest BCUT2D eigenvalue weighted by Crippen LogP contribution is -2.28. The van der Waals surface area contributed by atoms with Crippen molar-refractivity contribution in [1.82, 2.24) is 5.32 Å². The Balaban J connectivity index is 2.02. The second kappa shape index (κ2) is 13.9. The molecule has 0 saturated heterocycles. The Hall–Kier alpha value is -2.24. The van der Waals surface area contributed by atoms with Crippen molar-refractivity contribution < 1.29 is 24.5 Å². The van der Waals surface area contributed by atoms with Gasteiger partial charge < -0.3 is 20.3 Å². The monoisotopic (exact) mass is 379 g/mol. The molecule has 1 aromatic carbocycles. The summed E-state index contributed by atoms with van der Waals surface area (Å²) in [5, 5.41) is 21.5. The number of aromatic hydroxyl groups is 2. The molecule has 0 aliphatic rings. The van der Waals surface area contributed by atoms with Gasteiger partial charge in [0, 0.05) is 6.42 Å². The number of hydrogen-bond acceptors (Lipinski definition) is 5. The first-order valence-corrected chi connectivity index (χ1v) is 10.0. The number of benzene rings is 1. The van der Waals surface area contributed by atoms with Gasteiger partial charge in [0.05, 0.1) is 12.1 Å². The largest absolute Gasteiger partial charge is 0.508 e.